The van der Waals surface area contributed by atoms with Crippen LogP contribution < -0.4 is 4.57 Å². The SMILES string of the molecule is Cc1ccc2c(oc3nc4c(cc32)-c2ccccc2C4(C(C)C)C(C)C)c1-c1cc(C(C)C)cc[n+]1C. The first-order chi connectivity index (χ1) is 17.7. The lowest BCUT2D eigenvalue weighted by atomic mass is 9.64. The van der Waals surface area contributed by atoms with Crippen molar-refractivity contribution in [3.8, 4) is 22.4 Å². The number of aromatic nitrogens is 2. The quantitative estimate of drug-likeness (QED) is 0.237. The fourth-order valence-electron chi connectivity index (χ4n) is 6.94. The van der Waals surface area contributed by atoms with Crippen molar-refractivity contribution in [2.24, 2.45) is 18.9 Å². The van der Waals surface area contributed by atoms with Crippen LogP contribution in [0.3, 0.4) is 0 Å². The van der Waals surface area contributed by atoms with E-state index in [1.54, 1.807) is 0 Å². The molecule has 37 heavy (non-hydrogen) atoms. The Morgan fingerprint density at radius 3 is 2.27 bits per heavy atom. The molecule has 6 rings (SSSR count). The minimum atomic E-state index is -0.143. The molecule has 1 aliphatic carbocycles. The van der Waals surface area contributed by atoms with Crippen LogP contribution in [0.15, 0.2) is 65.2 Å². The number of rotatable bonds is 4. The zero-order chi connectivity index (χ0) is 26.2. The van der Waals surface area contributed by atoms with Gasteiger partial charge in [0.1, 0.15) is 7.05 Å². The maximum Gasteiger partial charge on any atom is 0.227 e. The zero-order valence-electron chi connectivity index (χ0n) is 23.3. The number of furan rings is 1. The Bertz CT molecular complexity index is 1680. The van der Waals surface area contributed by atoms with Crippen molar-refractivity contribution in [3.05, 3.63) is 83.2 Å². The largest absolute Gasteiger partial charge is 0.437 e. The minimum absolute atomic E-state index is 0.143. The maximum absolute atomic E-state index is 6.73. The Hall–Kier alpha value is -3.46. The van der Waals surface area contributed by atoms with Crippen LogP contribution in [0.5, 0.6) is 0 Å². The molecule has 3 heteroatoms. The Balaban J connectivity index is 1.69. The van der Waals surface area contributed by atoms with Gasteiger partial charge < -0.3 is 4.42 Å². The minimum Gasteiger partial charge on any atom is -0.437 e. The van der Waals surface area contributed by atoms with Crippen LogP contribution in [-0.4, -0.2) is 4.98 Å². The van der Waals surface area contributed by atoms with Crippen molar-refractivity contribution in [1.82, 2.24) is 4.98 Å². The fraction of sp³-hybridized carbons (Fsp3) is 0.353. The predicted octanol–water partition coefficient (Wildman–Crippen LogP) is 8.48. The predicted molar refractivity (Wildman–Crippen MR) is 153 cm³/mol. The van der Waals surface area contributed by atoms with Gasteiger partial charge >= 0.3 is 0 Å². The highest BCUT2D eigenvalue weighted by molar-refractivity contribution is 6.10. The van der Waals surface area contributed by atoms with Crippen molar-refractivity contribution in [2.75, 3.05) is 0 Å². The van der Waals surface area contributed by atoms with Gasteiger partial charge in [-0.1, -0.05) is 77.9 Å². The third kappa shape index (κ3) is 3.19. The highest BCUT2D eigenvalue weighted by Gasteiger charge is 2.49. The Morgan fingerprint density at radius 2 is 1.57 bits per heavy atom. The number of fused-ring (bicyclic) bond motifs is 6. The highest BCUT2D eigenvalue weighted by atomic mass is 16.3. The normalized spacial score (nSPS) is 14.4. The lowest BCUT2D eigenvalue weighted by Crippen LogP contribution is -2.38. The highest BCUT2D eigenvalue weighted by Crippen LogP contribution is 2.56. The smallest absolute Gasteiger partial charge is 0.227 e. The molecule has 5 aromatic rings. The first kappa shape index (κ1) is 23.9. The summed E-state index contributed by atoms with van der Waals surface area (Å²) in [5.41, 5.74) is 11.5. The molecule has 3 aromatic heterocycles. The Morgan fingerprint density at radius 1 is 0.838 bits per heavy atom. The van der Waals surface area contributed by atoms with Gasteiger partial charge in [-0.2, -0.15) is 0 Å². The van der Waals surface area contributed by atoms with Crippen molar-refractivity contribution >= 4 is 22.1 Å². The molecule has 0 amide bonds. The molecule has 0 N–H and O–H groups in total. The molecule has 2 aromatic carbocycles. The van der Waals surface area contributed by atoms with E-state index in [0.29, 0.717) is 17.8 Å². The second-order valence-electron chi connectivity index (χ2n) is 11.8. The van der Waals surface area contributed by atoms with Crippen LogP contribution in [0, 0.1) is 18.8 Å². The number of hydrogen-bond donors (Lipinski definition) is 0. The number of aryl methyl sites for hydroxylation is 2. The Kier molecular flexibility index (Phi) is 5.35. The van der Waals surface area contributed by atoms with Crippen LogP contribution >= 0.6 is 0 Å². The molecule has 0 atom stereocenters. The van der Waals surface area contributed by atoms with E-state index in [1.165, 1.54) is 33.5 Å². The number of benzene rings is 2. The molecule has 0 bridgehead atoms. The Labute approximate surface area is 220 Å². The van der Waals surface area contributed by atoms with Crippen LogP contribution in [0.2, 0.25) is 0 Å². The summed E-state index contributed by atoms with van der Waals surface area (Å²) in [4.78, 5) is 5.36. The van der Waals surface area contributed by atoms with Gasteiger partial charge in [0.15, 0.2) is 11.8 Å². The van der Waals surface area contributed by atoms with E-state index in [0.717, 1.165) is 33.3 Å². The molecule has 0 fully saturated rings. The maximum atomic E-state index is 6.73. The van der Waals surface area contributed by atoms with Gasteiger partial charge in [-0.25, -0.2) is 9.55 Å². The molecule has 3 nitrogen and oxygen atoms in total. The van der Waals surface area contributed by atoms with Crippen molar-refractivity contribution < 1.29 is 8.98 Å². The van der Waals surface area contributed by atoms with Gasteiger partial charge in [-0.15, -0.1) is 0 Å². The molecule has 0 saturated carbocycles. The molecular weight excluding hydrogens is 452 g/mol. The van der Waals surface area contributed by atoms with E-state index in [1.807, 2.05) is 0 Å². The lowest BCUT2D eigenvalue weighted by Gasteiger charge is -2.39. The van der Waals surface area contributed by atoms with E-state index >= 15 is 0 Å². The summed E-state index contributed by atoms with van der Waals surface area (Å²) in [7, 11) is 2.11. The molecule has 0 unspecified atom stereocenters. The van der Waals surface area contributed by atoms with Crippen LogP contribution in [0.1, 0.15) is 69.8 Å². The van der Waals surface area contributed by atoms with Gasteiger partial charge in [-0.3, -0.25) is 0 Å². The molecule has 188 valence electrons. The second kappa shape index (κ2) is 8.28. The van der Waals surface area contributed by atoms with Gasteiger partial charge in [0.05, 0.1) is 11.3 Å². The fourth-order valence-corrected chi connectivity index (χ4v) is 6.94. The summed E-state index contributed by atoms with van der Waals surface area (Å²) < 4.78 is 8.93. The third-order valence-electron chi connectivity index (χ3n) is 8.82. The van der Waals surface area contributed by atoms with E-state index < -0.39 is 0 Å². The number of pyridine rings is 2. The van der Waals surface area contributed by atoms with Gasteiger partial charge in [0.2, 0.25) is 11.4 Å². The van der Waals surface area contributed by atoms with Crippen LogP contribution in [0.25, 0.3) is 44.5 Å². The van der Waals surface area contributed by atoms with Gasteiger partial charge in [0, 0.05) is 33.9 Å². The summed E-state index contributed by atoms with van der Waals surface area (Å²) in [6.07, 6.45) is 2.16. The summed E-state index contributed by atoms with van der Waals surface area (Å²) in [5, 5.41) is 2.22. The van der Waals surface area contributed by atoms with Crippen LogP contribution in [0.4, 0.5) is 0 Å². The van der Waals surface area contributed by atoms with Crippen molar-refractivity contribution in [1.29, 1.82) is 0 Å². The van der Waals surface area contributed by atoms with E-state index in [4.69, 9.17) is 9.40 Å². The van der Waals surface area contributed by atoms with Crippen molar-refractivity contribution in [2.45, 2.75) is 59.8 Å². The topological polar surface area (TPSA) is 29.9 Å². The molecule has 0 saturated heterocycles. The molecular formula is C34H37N2O+. The molecule has 0 aliphatic heterocycles. The molecule has 3 heterocycles. The monoisotopic (exact) mass is 489 g/mol. The standard InChI is InChI=1S/C34H37N2O/c1-19(2)23-15-16-36(8)29(17-23)30-22(7)13-14-25-27-18-26-24-11-9-10-12-28(24)34(20(3)4,21(5)6)32(26)35-33(27)37-31(25)30/h9-21H,1-8H3/q+1. The molecule has 0 spiro atoms. The van der Waals surface area contributed by atoms with Gasteiger partial charge in [0.25, 0.3) is 0 Å². The van der Waals surface area contributed by atoms with Crippen molar-refractivity contribution in [3.63, 3.8) is 0 Å². The average molecular weight is 490 g/mol. The second-order valence-corrected chi connectivity index (χ2v) is 11.8. The first-order valence-electron chi connectivity index (χ1n) is 13.6. The number of nitrogens with zero attached hydrogens (tertiary/aromatic N) is 2. The average Bonchev–Trinajstić information content (AvgIpc) is 3.36. The van der Waals surface area contributed by atoms with Gasteiger partial charge in [-0.05, 0) is 53.0 Å². The van der Waals surface area contributed by atoms with E-state index in [9.17, 15) is 0 Å². The lowest BCUT2D eigenvalue weighted by molar-refractivity contribution is -0.660. The summed E-state index contributed by atoms with van der Waals surface area (Å²) in [5.74, 6) is 1.26. The summed E-state index contributed by atoms with van der Waals surface area (Å²) in [6, 6.07) is 20.2. The zero-order valence-corrected chi connectivity index (χ0v) is 23.3. The van der Waals surface area contributed by atoms with Crippen LogP contribution in [-0.2, 0) is 12.5 Å². The van der Waals surface area contributed by atoms with E-state index in [-0.39, 0.29) is 5.41 Å². The molecule has 0 radical (unpaired) electrons. The third-order valence-corrected chi connectivity index (χ3v) is 8.82. The molecule has 1 aliphatic rings. The number of hydrogen-bond acceptors (Lipinski definition) is 2. The first-order valence-corrected chi connectivity index (χ1v) is 13.6. The summed E-state index contributed by atoms with van der Waals surface area (Å²) in [6.45, 7) is 16.0. The summed E-state index contributed by atoms with van der Waals surface area (Å²) >= 11 is 0. The van der Waals surface area contributed by atoms with E-state index in [2.05, 4.69) is 121 Å².